The molecule has 1 unspecified atom stereocenters. The zero-order valence-electron chi connectivity index (χ0n) is 11.0. The van der Waals surface area contributed by atoms with E-state index in [0.29, 0.717) is 6.04 Å². The van der Waals surface area contributed by atoms with Crippen LogP contribution in [0.1, 0.15) is 36.6 Å². The van der Waals surface area contributed by atoms with Crippen molar-refractivity contribution in [3.8, 4) is 5.75 Å². The molecule has 0 bridgehead atoms. The first kappa shape index (κ1) is 11.6. The number of H-pyrrole nitrogens is 1. The van der Waals surface area contributed by atoms with Gasteiger partial charge in [-0.25, -0.2) is 0 Å². The van der Waals surface area contributed by atoms with Crippen LogP contribution in [0.25, 0.3) is 10.9 Å². The lowest BCUT2D eigenvalue weighted by molar-refractivity contribution is 0.415. The highest BCUT2D eigenvalue weighted by Gasteiger charge is 2.22. The van der Waals surface area contributed by atoms with Crippen molar-refractivity contribution >= 4 is 10.9 Å². The molecule has 18 heavy (non-hydrogen) atoms. The molecule has 0 aliphatic heterocycles. The Morgan fingerprint density at radius 3 is 3.00 bits per heavy atom. The lowest BCUT2D eigenvalue weighted by Gasteiger charge is -2.14. The van der Waals surface area contributed by atoms with Crippen LogP contribution < -0.4 is 10.1 Å². The Bertz CT molecular complexity index is 559. The van der Waals surface area contributed by atoms with E-state index in [1.807, 2.05) is 6.07 Å². The minimum Gasteiger partial charge on any atom is -0.497 e. The molecule has 1 aromatic heterocycles. The van der Waals surface area contributed by atoms with Crippen molar-refractivity contribution in [3.63, 3.8) is 0 Å². The summed E-state index contributed by atoms with van der Waals surface area (Å²) < 4.78 is 5.35. The lowest BCUT2D eigenvalue weighted by atomic mass is 10.0. The Morgan fingerprint density at radius 1 is 1.33 bits per heavy atom. The molecular formula is C15H20N2O. The topological polar surface area (TPSA) is 37.0 Å². The predicted molar refractivity (Wildman–Crippen MR) is 74.2 cm³/mol. The Hall–Kier alpha value is -1.48. The first-order chi connectivity index (χ1) is 8.83. The molecule has 0 radical (unpaired) electrons. The zero-order valence-corrected chi connectivity index (χ0v) is 11.0. The normalized spacial score (nSPS) is 19.6. The van der Waals surface area contributed by atoms with Gasteiger partial charge in [0, 0.05) is 22.6 Å². The molecule has 0 saturated carbocycles. The standard InChI is InChI=1S/C15H20N2O/c1-16-13-5-3-4-6-14-15(13)11-9-10(18-2)7-8-12(11)17-14/h7-9,13,16-17H,3-6H2,1-2H3. The number of rotatable bonds is 2. The van der Waals surface area contributed by atoms with Crippen LogP contribution in [0, 0.1) is 0 Å². The average molecular weight is 244 g/mol. The third-order valence-electron chi connectivity index (χ3n) is 3.99. The maximum absolute atomic E-state index is 5.35. The van der Waals surface area contributed by atoms with Gasteiger partial charge in [0.2, 0.25) is 0 Å². The van der Waals surface area contributed by atoms with Crippen LogP contribution in [0.3, 0.4) is 0 Å². The van der Waals surface area contributed by atoms with Crippen LogP contribution in [0.4, 0.5) is 0 Å². The molecule has 3 heteroatoms. The number of aromatic amines is 1. The summed E-state index contributed by atoms with van der Waals surface area (Å²) in [6, 6.07) is 6.76. The average Bonchev–Trinajstić information content (AvgIpc) is 2.63. The van der Waals surface area contributed by atoms with Crippen LogP contribution in [0.2, 0.25) is 0 Å². The van der Waals surface area contributed by atoms with Crippen LogP contribution in [-0.4, -0.2) is 19.1 Å². The van der Waals surface area contributed by atoms with E-state index in [-0.39, 0.29) is 0 Å². The van der Waals surface area contributed by atoms with Gasteiger partial charge in [-0.2, -0.15) is 0 Å². The summed E-state index contributed by atoms with van der Waals surface area (Å²) in [4.78, 5) is 3.58. The van der Waals surface area contributed by atoms with Crippen LogP contribution in [0.5, 0.6) is 5.75 Å². The summed E-state index contributed by atoms with van der Waals surface area (Å²) in [5, 5.41) is 4.77. The van der Waals surface area contributed by atoms with Gasteiger partial charge >= 0.3 is 0 Å². The molecule has 1 aliphatic rings. The quantitative estimate of drug-likeness (QED) is 0.796. The molecule has 0 spiro atoms. The third-order valence-corrected chi connectivity index (χ3v) is 3.99. The Labute approximate surface area is 108 Å². The Kier molecular flexibility index (Phi) is 3.00. The van der Waals surface area contributed by atoms with Gasteiger partial charge in [-0.05, 0) is 50.1 Å². The summed E-state index contributed by atoms with van der Waals surface area (Å²) in [6.07, 6.45) is 4.94. The van der Waals surface area contributed by atoms with Crippen LogP contribution >= 0.6 is 0 Å². The van der Waals surface area contributed by atoms with E-state index in [0.717, 1.165) is 12.2 Å². The molecule has 1 aromatic carbocycles. The maximum atomic E-state index is 5.35. The van der Waals surface area contributed by atoms with E-state index in [1.54, 1.807) is 7.11 Å². The summed E-state index contributed by atoms with van der Waals surface area (Å²) in [5.74, 6) is 0.934. The first-order valence-corrected chi connectivity index (χ1v) is 6.69. The summed E-state index contributed by atoms with van der Waals surface area (Å²) >= 11 is 0. The van der Waals surface area contributed by atoms with Gasteiger partial charge < -0.3 is 15.0 Å². The number of aryl methyl sites for hydroxylation is 1. The molecule has 0 fully saturated rings. The number of fused-ring (bicyclic) bond motifs is 3. The third kappa shape index (κ3) is 1.79. The Morgan fingerprint density at radius 2 is 2.22 bits per heavy atom. The summed E-state index contributed by atoms with van der Waals surface area (Å²) in [6.45, 7) is 0. The first-order valence-electron chi connectivity index (χ1n) is 6.69. The Balaban J connectivity index is 2.21. The predicted octanol–water partition coefficient (Wildman–Crippen LogP) is 3.16. The van der Waals surface area contributed by atoms with Crippen molar-refractivity contribution in [2.45, 2.75) is 31.7 Å². The van der Waals surface area contributed by atoms with Crippen molar-refractivity contribution in [2.24, 2.45) is 0 Å². The van der Waals surface area contributed by atoms with E-state index in [1.165, 1.54) is 41.4 Å². The largest absolute Gasteiger partial charge is 0.497 e. The fourth-order valence-electron chi connectivity index (χ4n) is 3.05. The van der Waals surface area contributed by atoms with E-state index < -0.39 is 0 Å². The van der Waals surface area contributed by atoms with Crippen molar-refractivity contribution in [3.05, 3.63) is 29.5 Å². The molecule has 3 nitrogen and oxygen atoms in total. The van der Waals surface area contributed by atoms with E-state index >= 15 is 0 Å². The van der Waals surface area contributed by atoms with E-state index in [2.05, 4.69) is 29.5 Å². The fraction of sp³-hybridized carbons (Fsp3) is 0.467. The van der Waals surface area contributed by atoms with Crippen molar-refractivity contribution in [2.75, 3.05) is 14.2 Å². The number of hydrogen-bond donors (Lipinski definition) is 2. The molecule has 1 heterocycles. The zero-order chi connectivity index (χ0) is 12.5. The summed E-state index contributed by atoms with van der Waals surface area (Å²) in [7, 11) is 3.78. The highest BCUT2D eigenvalue weighted by molar-refractivity contribution is 5.86. The number of aromatic nitrogens is 1. The molecule has 1 aliphatic carbocycles. The number of nitrogens with one attached hydrogen (secondary N) is 2. The number of methoxy groups -OCH3 is 1. The van der Waals surface area contributed by atoms with Gasteiger partial charge in [0.25, 0.3) is 0 Å². The second kappa shape index (κ2) is 4.65. The molecule has 2 N–H and O–H groups in total. The van der Waals surface area contributed by atoms with Crippen LogP contribution in [-0.2, 0) is 6.42 Å². The molecule has 96 valence electrons. The van der Waals surface area contributed by atoms with Gasteiger partial charge in [-0.3, -0.25) is 0 Å². The molecule has 1 atom stereocenters. The van der Waals surface area contributed by atoms with E-state index in [9.17, 15) is 0 Å². The minimum atomic E-state index is 0.461. The molecule has 0 amide bonds. The second-order valence-corrected chi connectivity index (χ2v) is 5.02. The van der Waals surface area contributed by atoms with Gasteiger partial charge in [0.05, 0.1) is 7.11 Å². The van der Waals surface area contributed by atoms with Crippen LogP contribution in [0.15, 0.2) is 18.2 Å². The molecule has 3 rings (SSSR count). The van der Waals surface area contributed by atoms with Crippen molar-refractivity contribution in [1.29, 1.82) is 0 Å². The molecule has 0 saturated heterocycles. The fourth-order valence-corrected chi connectivity index (χ4v) is 3.05. The minimum absolute atomic E-state index is 0.461. The summed E-state index contributed by atoms with van der Waals surface area (Å²) in [5.41, 5.74) is 4.07. The number of ether oxygens (including phenoxy) is 1. The van der Waals surface area contributed by atoms with E-state index in [4.69, 9.17) is 4.74 Å². The molecular weight excluding hydrogens is 224 g/mol. The monoisotopic (exact) mass is 244 g/mol. The maximum Gasteiger partial charge on any atom is 0.119 e. The number of benzene rings is 1. The van der Waals surface area contributed by atoms with Crippen molar-refractivity contribution in [1.82, 2.24) is 10.3 Å². The number of hydrogen-bond acceptors (Lipinski definition) is 2. The highest BCUT2D eigenvalue weighted by Crippen LogP contribution is 2.35. The van der Waals surface area contributed by atoms with Gasteiger partial charge in [-0.15, -0.1) is 0 Å². The van der Waals surface area contributed by atoms with Crippen molar-refractivity contribution < 1.29 is 4.74 Å². The SMILES string of the molecule is CNC1CCCCc2[nH]c3ccc(OC)cc3c21. The van der Waals surface area contributed by atoms with Gasteiger partial charge in [0.1, 0.15) is 5.75 Å². The lowest BCUT2D eigenvalue weighted by Crippen LogP contribution is -2.15. The van der Waals surface area contributed by atoms with Gasteiger partial charge in [-0.1, -0.05) is 6.42 Å². The second-order valence-electron chi connectivity index (χ2n) is 5.02. The molecule has 2 aromatic rings. The highest BCUT2D eigenvalue weighted by atomic mass is 16.5. The van der Waals surface area contributed by atoms with Gasteiger partial charge in [0.15, 0.2) is 0 Å². The smallest absolute Gasteiger partial charge is 0.119 e.